The van der Waals surface area contributed by atoms with Gasteiger partial charge in [-0.15, -0.1) is 0 Å². The highest BCUT2D eigenvalue weighted by atomic mass is 16.7. The molecule has 11 atom stereocenters. The van der Waals surface area contributed by atoms with Crippen LogP contribution in [0.15, 0.2) is 30.3 Å². The van der Waals surface area contributed by atoms with E-state index in [1.54, 1.807) is 24.3 Å². The molecule has 2 aliphatic heterocycles. The third-order valence-corrected chi connectivity index (χ3v) is 5.79. The van der Waals surface area contributed by atoms with Crippen molar-refractivity contribution in [2.45, 2.75) is 73.9 Å². The molecule has 0 amide bonds. The van der Waals surface area contributed by atoms with Crippen LogP contribution in [0.1, 0.15) is 5.56 Å². The van der Waals surface area contributed by atoms with E-state index in [1.807, 2.05) is 6.07 Å². The molecule has 9 N–H and O–H groups in total. The molecular formula is C21H31NO12. The molecule has 1 aromatic carbocycles. The number of carbonyl (C=O) groups is 1. The van der Waals surface area contributed by atoms with Crippen LogP contribution in [-0.4, -0.2) is 122 Å². The van der Waals surface area contributed by atoms with E-state index < -0.39 is 86.6 Å². The number of esters is 1. The van der Waals surface area contributed by atoms with E-state index in [0.717, 1.165) is 5.56 Å². The zero-order valence-corrected chi connectivity index (χ0v) is 18.1. The molecule has 192 valence electrons. The minimum Gasteiger partial charge on any atom is -0.462 e. The fourth-order valence-electron chi connectivity index (χ4n) is 3.78. The molecule has 0 aromatic heterocycles. The second-order valence-electron chi connectivity index (χ2n) is 8.27. The molecular weight excluding hydrogens is 458 g/mol. The lowest BCUT2D eigenvalue weighted by Gasteiger charge is -2.45. The van der Waals surface area contributed by atoms with Crippen molar-refractivity contribution < 1.29 is 59.5 Å². The lowest BCUT2D eigenvalue weighted by molar-refractivity contribution is -0.355. The van der Waals surface area contributed by atoms with Crippen LogP contribution < -0.4 is 5.73 Å². The molecule has 0 bridgehead atoms. The van der Waals surface area contributed by atoms with Crippen LogP contribution in [0.3, 0.4) is 0 Å². The standard InChI is InChI=1S/C21H31NO12/c22-10(6-9-4-2-1-3-5-9)19(29)31-8-12-18(15(26)16(27)20(30)32-12)34-21-17(28)14(25)13(24)11(7-23)33-21/h1-5,10-18,20-21,23-28,30H,6-8,22H2/t10-,11+,12+,13-,14-,15+,16+,17+,18+,20?,21-/m0/s1. The van der Waals surface area contributed by atoms with Gasteiger partial charge >= 0.3 is 5.97 Å². The first-order chi connectivity index (χ1) is 16.1. The van der Waals surface area contributed by atoms with E-state index in [4.69, 9.17) is 24.7 Å². The van der Waals surface area contributed by atoms with Gasteiger partial charge in [0.15, 0.2) is 12.6 Å². The molecule has 0 spiro atoms. The van der Waals surface area contributed by atoms with Crippen molar-refractivity contribution in [2.75, 3.05) is 13.2 Å². The predicted molar refractivity (Wildman–Crippen MR) is 111 cm³/mol. The summed E-state index contributed by atoms with van der Waals surface area (Å²) in [7, 11) is 0. The summed E-state index contributed by atoms with van der Waals surface area (Å²) in [6.45, 7) is -1.26. The van der Waals surface area contributed by atoms with Gasteiger partial charge in [-0.05, 0) is 12.0 Å². The Morgan fingerprint density at radius 3 is 2.24 bits per heavy atom. The Morgan fingerprint density at radius 2 is 1.59 bits per heavy atom. The summed E-state index contributed by atoms with van der Waals surface area (Å²) in [4.78, 5) is 12.4. The summed E-state index contributed by atoms with van der Waals surface area (Å²) in [5.74, 6) is -0.797. The van der Waals surface area contributed by atoms with Gasteiger partial charge in [0.1, 0.15) is 61.5 Å². The normalized spacial score (nSPS) is 39.4. The first kappa shape index (κ1) is 26.8. The minimum absolute atomic E-state index is 0.194. The van der Waals surface area contributed by atoms with Gasteiger partial charge in [0.2, 0.25) is 0 Å². The lowest BCUT2D eigenvalue weighted by Crippen LogP contribution is -2.64. The summed E-state index contributed by atoms with van der Waals surface area (Å²) in [6, 6.07) is 7.95. The third-order valence-electron chi connectivity index (χ3n) is 5.79. The number of rotatable bonds is 8. The van der Waals surface area contributed by atoms with Gasteiger partial charge in [0.05, 0.1) is 6.61 Å². The van der Waals surface area contributed by atoms with Crippen LogP contribution in [-0.2, 0) is 30.2 Å². The Hall–Kier alpha value is -1.75. The maximum atomic E-state index is 12.4. The van der Waals surface area contributed by atoms with E-state index in [9.17, 15) is 40.5 Å². The first-order valence-corrected chi connectivity index (χ1v) is 10.8. The molecule has 13 heteroatoms. The van der Waals surface area contributed by atoms with E-state index in [-0.39, 0.29) is 6.42 Å². The second-order valence-corrected chi connectivity index (χ2v) is 8.27. The van der Waals surface area contributed by atoms with Gasteiger partial charge in [-0.3, -0.25) is 4.79 Å². The average molecular weight is 489 g/mol. The molecule has 0 saturated carbocycles. The molecule has 1 unspecified atom stereocenters. The van der Waals surface area contributed by atoms with Gasteiger partial charge in [0, 0.05) is 0 Å². The molecule has 2 aliphatic rings. The Kier molecular flexibility index (Phi) is 9.31. The minimum atomic E-state index is -1.84. The highest BCUT2D eigenvalue weighted by Gasteiger charge is 2.50. The van der Waals surface area contributed by atoms with Gasteiger partial charge in [-0.25, -0.2) is 0 Å². The van der Waals surface area contributed by atoms with Crippen molar-refractivity contribution >= 4 is 5.97 Å². The molecule has 2 saturated heterocycles. The van der Waals surface area contributed by atoms with Crippen molar-refractivity contribution in [3.63, 3.8) is 0 Å². The number of ether oxygens (including phenoxy) is 4. The Balaban J connectivity index is 1.66. The summed E-state index contributed by atoms with van der Waals surface area (Å²) >= 11 is 0. The predicted octanol–water partition coefficient (Wildman–Crippen LogP) is -4.28. The van der Waals surface area contributed by atoms with E-state index in [2.05, 4.69) is 0 Å². The highest BCUT2D eigenvalue weighted by Crippen LogP contribution is 2.29. The van der Waals surface area contributed by atoms with Crippen molar-refractivity contribution in [1.29, 1.82) is 0 Å². The van der Waals surface area contributed by atoms with Crippen LogP contribution in [0.2, 0.25) is 0 Å². The number of aliphatic hydroxyl groups is 7. The number of nitrogens with two attached hydrogens (primary N) is 1. The SMILES string of the molecule is N[C@@H](Cc1ccccc1)C(=O)OC[C@H]1OC(O)[C@H](O)[C@@H](O)[C@@H]1O[C@@H]1O[C@H](CO)[C@H](O)[C@H](O)[C@H]1O. The van der Waals surface area contributed by atoms with E-state index in [0.29, 0.717) is 0 Å². The maximum Gasteiger partial charge on any atom is 0.323 e. The quantitative estimate of drug-likeness (QED) is 0.162. The van der Waals surface area contributed by atoms with Crippen LogP contribution in [0, 0.1) is 0 Å². The number of hydrogen-bond donors (Lipinski definition) is 8. The van der Waals surface area contributed by atoms with Crippen molar-refractivity contribution in [1.82, 2.24) is 0 Å². The molecule has 0 aliphatic carbocycles. The fraction of sp³-hybridized carbons (Fsp3) is 0.667. The monoisotopic (exact) mass is 489 g/mol. The number of benzene rings is 1. The van der Waals surface area contributed by atoms with E-state index >= 15 is 0 Å². The maximum absolute atomic E-state index is 12.4. The molecule has 2 heterocycles. The van der Waals surface area contributed by atoms with Crippen molar-refractivity contribution in [3.05, 3.63) is 35.9 Å². The molecule has 13 nitrogen and oxygen atoms in total. The van der Waals surface area contributed by atoms with Crippen LogP contribution in [0.25, 0.3) is 0 Å². The number of carbonyl (C=O) groups excluding carboxylic acids is 1. The van der Waals surface area contributed by atoms with Crippen molar-refractivity contribution in [3.8, 4) is 0 Å². The molecule has 2 fully saturated rings. The molecule has 34 heavy (non-hydrogen) atoms. The van der Waals surface area contributed by atoms with Crippen molar-refractivity contribution in [2.24, 2.45) is 5.73 Å². The van der Waals surface area contributed by atoms with Crippen LogP contribution in [0.4, 0.5) is 0 Å². The first-order valence-electron chi connectivity index (χ1n) is 10.8. The third kappa shape index (κ3) is 6.08. The van der Waals surface area contributed by atoms with Crippen LogP contribution in [0.5, 0.6) is 0 Å². The molecule has 3 rings (SSSR count). The number of aliphatic hydroxyl groups excluding tert-OH is 7. The molecule has 0 radical (unpaired) electrons. The Bertz CT molecular complexity index is 782. The second kappa shape index (κ2) is 11.8. The summed E-state index contributed by atoms with van der Waals surface area (Å²) in [6.07, 6.45) is -16.2. The topological polar surface area (TPSA) is 222 Å². The lowest BCUT2D eigenvalue weighted by atomic mass is 9.97. The Labute approximate surface area is 194 Å². The van der Waals surface area contributed by atoms with E-state index in [1.165, 1.54) is 0 Å². The van der Waals surface area contributed by atoms with Gasteiger partial charge in [-0.2, -0.15) is 0 Å². The van der Waals surface area contributed by atoms with Gasteiger partial charge < -0.3 is 60.4 Å². The smallest absolute Gasteiger partial charge is 0.323 e. The number of hydrogen-bond acceptors (Lipinski definition) is 13. The van der Waals surface area contributed by atoms with Gasteiger partial charge in [0.25, 0.3) is 0 Å². The average Bonchev–Trinajstić information content (AvgIpc) is 2.83. The molecule has 1 aromatic rings. The zero-order chi connectivity index (χ0) is 25.0. The summed E-state index contributed by atoms with van der Waals surface area (Å²) < 4.78 is 21.1. The highest BCUT2D eigenvalue weighted by molar-refractivity contribution is 5.75. The summed E-state index contributed by atoms with van der Waals surface area (Å²) in [5, 5.41) is 69.7. The fourth-order valence-corrected chi connectivity index (χ4v) is 3.78. The largest absolute Gasteiger partial charge is 0.462 e. The van der Waals surface area contributed by atoms with Crippen LogP contribution >= 0.6 is 0 Å². The van der Waals surface area contributed by atoms with Gasteiger partial charge in [-0.1, -0.05) is 30.3 Å². The summed E-state index contributed by atoms with van der Waals surface area (Å²) in [5.41, 5.74) is 6.69. The zero-order valence-electron chi connectivity index (χ0n) is 18.1. The Morgan fingerprint density at radius 1 is 0.912 bits per heavy atom.